The molecule has 0 aliphatic heterocycles. The molecule has 2 aromatic carbocycles. The molecule has 2 heteroatoms. The van der Waals surface area contributed by atoms with Crippen LogP contribution in [0.2, 0.25) is 0 Å². The molecule has 3 aromatic rings. The van der Waals surface area contributed by atoms with E-state index in [9.17, 15) is 4.79 Å². The van der Waals surface area contributed by atoms with E-state index in [0.717, 1.165) is 23.8 Å². The van der Waals surface area contributed by atoms with Crippen molar-refractivity contribution in [2.24, 2.45) is 0 Å². The number of aryl methyl sites for hydroxylation is 1. The van der Waals surface area contributed by atoms with Crippen LogP contribution in [-0.2, 0) is 6.42 Å². The lowest BCUT2D eigenvalue weighted by Gasteiger charge is -2.05. The molecule has 0 N–H and O–H groups in total. The van der Waals surface area contributed by atoms with Gasteiger partial charge in [0.25, 0.3) is 0 Å². The Hall–Kier alpha value is -1.93. The van der Waals surface area contributed by atoms with Gasteiger partial charge in [-0.25, -0.2) is 0 Å². The van der Waals surface area contributed by atoms with Crippen molar-refractivity contribution in [1.29, 1.82) is 0 Å². The Bertz CT molecular complexity index is 740. The lowest BCUT2D eigenvalue weighted by molar-refractivity contribution is 0.112. The van der Waals surface area contributed by atoms with Gasteiger partial charge >= 0.3 is 0 Å². The highest BCUT2D eigenvalue weighted by Gasteiger charge is 2.07. The van der Waals surface area contributed by atoms with Crippen LogP contribution in [0.3, 0.4) is 0 Å². The number of thiophene rings is 1. The standard InChI is InChI=1S/C17H14OS/c1-12-6-7-13(10-18)14(8-12)9-15-11-19-17-5-3-2-4-16(15)17/h2-8,10-11H,9H2,1H3. The molecule has 94 valence electrons. The van der Waals surface area contributed by atoms with Crippen molar-refractivity contribution in [3.63, 3.8) is 0 Å². The lowest BCUT2D eigenvalue weighted by Crippen LogP contribution is -1.94. The first-order valence-corrected chi connectivity index (χ1v) is 7.16. The average Bonchev–Trinajstić information content (AvgIpc) is 2.83. The Labute approximate surface area is 116 Å². The molecule has 1 nitrogen and oxygen atoms in total. The van der Waals surface area contributed by atoms with Crippen LogP contribution in [0.15, 0.2) is 47.8 Å². The van der Waals surface area contributed by atoms with Gasteiger partial charge in [0.1, 0.15) is 6.29 Å². The minimum absolute atomic E-state index is 0.792. The summed E-state index contributed by atoms with van der Waals surface area (Å²) < 4.78 is 1.30. The van der Waals surface area contributed by atoms with Gasteiger partial charge in [-0.15, -0.1) is 11.3 Å². The van der Waals surface area contributed by atoms with E-state index >= 15 is 0 Å². The van der Waals surface area contributed by atoms with Gasteiger partial charge in [0.05, 0.1) is 0 Å². The van der Waals surface area contributed by atoms with Crippen LogP contribution in [0.25, 0.3) is 10.1 Å². The minimum atomic E-state index is 0.792. The van der Waals surface area contributed by atoms with Crippen LogP contribution in [0.4, 0.5) is 0 Å². The van der Waals surface area contributed by atoms with Gasteiger partial charge in [-0.3, -0.25) is 4.79 Å². The molecule has 0 atom stereocenters. The summed E-state index contributed by atoms with van der Waals surface area (Å²) in [6.07, 6.45) is 1.77. The van der Waals surface area contributed by atoms with Gasteiger partial charge < -0.3 is 0 Å². The van der Waals surface area contributed by atoms with E-state index in [1.165, 1.54) is 21.2 Å². The Morgan fingerprint density at radius 1 is 1.11 bits per heavy atom. The first-order chi connectivity index (χ1) is 9.28. The number of carbonyl (C=O) groups excluding carboxylic acids is 1. The first-order valence-electron chi connectivity index (χ1n) is 6.28. The minimum Gasteiger partial charge on any atom is -0.298 e. The van der Waals surface area contributed by atoms with Crippen molar-refractivity contribution in [3.8, 4) is 0 Å². The molecule has 1 heterocycles. The third-order valence-electron chi connectivity index (χ3n) is 3.37. The second kappa shape index (κ2) is 4.98. The number of rotatable bonds is 3. The molecule has 0 amide bonds. The monoisotopic (exact) mass is 266 g/mol. The van der Waals surface area contributed by atoms with Gasteiger partial charge in [-0.2, -0.15) is 0 Å². The third-order valence-corrected chi connectivity index (χ3v) is 4.38. The molecule has 0 bridgehead atoms. The topological polar surface area (TPSA) is 17.1 Å². The quantitative estimate of drug-likeness (QED) is 0.632. The molecular weight excluding hydrogens is 252 g/mol. The van der Waals surface area contributed by atoms with E-state index in [4.69, 9.17) is 0 Å². The molecule has 0 aliphatic carbocycles. The third kappa shape index (κ3) is 2.32. The van der Waals surface area contributed by atoms with Crippen LogP contribution in [0.1, 0.15) is 27.0 Å². The zero-order valence-electron chi connectivity index (χ0n) is 10.7. The van der Waals surface area contributed by atoms with Gasteiger partial charge in [0.15, 0.2) is 0 Å². The van der Waals surface area contributed by atoms with Crippen LogP contribution in [0.5, 0.6) is 0 Å². The fraction of sp³-hybridized carbons (Fsp3) is 0.118. The summed E-state index contributed by atoms with van der Waals surface area (Å²) in [5.74, 6) is 0. The highest BCUT2D eigenvalue weighted by Crippen LogP contribution is 2.28. The highest BCUT2D eigenvalue weighted by molar-refractivity contribution is 7.17. The number of hydrogen-bond donors (Lipinski definition) is 0. The van der Waals surface area contributed by atoms with Crippen LogP contribution >= 0.6 is 11.3 Å². The van der Waals surface area contributed by atoms with Gasteiger partial charge in [0, 0.05) is 10.3 Å². The molecule has 1 aromatic heterocycles. The molecule has 19 heavy (non-hydrogen) atoms. The van der Waals surface area contributed by atoms with E-state index in [0.29, 0.717) is 0 Å². The average molecular weight is 266 g/mol. The van der Waals surface area contributed by atoms with Crippen molar-refractivity contribution in [1.82, 2.24) is 0 Å². The van der Waals surface area contributed by atoms with E-state index in [1.807, 2.05) is 12.1 Å². The fourth-order valence-electron chi connectivity index (χ4n) is 2.38. The lowest BCUT2D eigenvalue weighted by atomic mass is 9.98. The maximum absolute atomic E-state index is 11.1. The number of benzene rings is 2. The van der Waals surface area contributed by atoms with E-state index in [1.54, 1.807) is 11.3 Å². The van der Waals surface area contributed by atoms with Gasteiger partial charge in [-0.05, 0) is 41.3 Å². The van der Waals surface area contributed by atoms with Crippen molar-refractivity contribution in [2.75, 3.05) is 0 Å². The molecule has 0 fully saturated rings. The predicted molar refractivity (Wildman–Crippen MR) is 81.2 cm³/mol. The van der Waals surface area contributed by atoms with Crippen molar-refractivity contribution >= 4 is 27.7 Å². The molecule has 0 spiro atoms. The molecule has 0 unspecified atom stereocenters. The number of aldehydes is 1. The number of hydrogen-bond acceptors (Lipinski definition) is 2. The Morgan fingerprint density at radius 3 is 2.79 bits per heavy atom. The van der Waals surface area contributed by atoms with Crippen LogP contribution in [0, 0.1) is 6.92 Å². The zero-order valence-corrected chi connectivity index (χ0v) is 11.5. The van der Waals surface area contributed by atoms with Gasteiger partial charge in [-0.1, -0.05) is 42.0 Å². The predicted octanol–water partition coefficient (Wildman–Crippen LogP) is 4.61. The fourth-order valence-corrected chi connectivity index (χ4v) is 3.34. The van der Waals surface area contributed by atoms with E-state index < -0.39 is 0 Å². The normalized spacial score (nSPS) is 10.8. The summed E-state index contributed by atoms with van der Waals surface area (Å²) in [5, 5.41) is 3.49. The van der Waals surface area contributed by atoms with Crippen molar-refractivity contribution < 1.29 is 4.79 Å². The smallest absolute Gasteiger partial charge is 0.150 e. The maximum atomic E-state index is 11.1. The molecule has 0 aliphatic rings. The Kier molecular flexibility index (Phi) is 3.18. The summed E-state index contributed by atoms with van der Waals surface area (Å²) in [6.45, 7) is 2.06. The largest absolute Gasteiger partial charge is 0.298 e. The highest BCUT2D eigenvalue weighted by atomic mass is 32.1. The molecular formula is C17H14OS. The first kappa shape index (κ1) is 12.1. The van der Waals surface area contributed by atoms with E-state index in [-0.39, 0.29) is 0 Å². The zero-order chi connectivity index (χ0) is 13.2. The van der Waals surface area contributed by atoms with Crippen LogP contribution in [-0.4, -0.2) is 6.29 Å². The van der Waals surface area contributed by atoms with Crippen molar-refractivity contribution in [3.05, 3.63) is 70.1 Å². The molecule has 0 radical (unpaired) electrons. The summed E-state index contributed by atoms with van der Waals surface area (Å²) in [4.78, 5) is 11.1. The Morgan fingerprint density at radius 2 is 1.95 bits per heavy atom. The number of carbonyl (C=O) groups is 1. The summed E-state index contributed by atoms with van der Waals surface area (Å²) >= 11 is 1.76. The van der Waals surface area contributed by atoms with Crippen molar-refractivity contribution in [2.45, 2.75) is 13.3 Å². The SMILES string of the molecule is Cc1ccc(C=O)c(Cc2csc3ccccc23)c1. The molecule has 3 rings (SSSR count). The van der Waals surface area contributed by atoms with Crippen LogP contribution < -0.4 is 0 Å². The molecule has 0 saturated heterocycles. The maximum Gasteiger partial charge on any atom is 0.150 e. The molecule has 0 saturated carbocycles. The second-order valence-corrected chi connectivity index (χ2v) is 5.67. The summed E-state index contributed by atoms with van der Waals surface area (Å²) in [5.41, 5.74) is 4.40. The summed E-state index contributed by atoms with van der Waals surface area (Å²) in [6, 6.07) is 14.4. The second-order valence-electron chi connectivity index (χ2n) is 4.75. The Balaban J connectivity index is 2.05. The van der Waals surface area contributed by atoms with E-state index in [2.05, 4.69) is 42.6 Å². The number of fused-ring (bicyclic) bond motifs is 1. The summed E-state index contributed by atoms with van der Waals surface area (Å²) in [7, 11) is 0. The van der Waals surface area contributed by atoms with Gasteiger partial charge in [0.2, 0.25) is 0 Å².